The molecule has 0 aliphatic rings. The van der Waals surface area contributed by atoms with Crippen LogP contribution in [0.25, 0.3) is 11.0 Å². The highest BCUT2D eigenvalue weighted by Crippen LogP contribution is 2.27. The Hall–Kier alpha value is -3.39. The maximum absolute atomic E-state index is 12.8. The lowest BCUT2D eigenvalue weighted by Gasteiger charge is -2.07. The first-order chi connectivity index (χ1) is 14.4. The number of benzene rings is 2. The first-order valence-electron chi connectivity index (χ1n) is 9.40. The number of hydrogen-bond acceptors (Lipinski definition) is 5. The van der Waals surface area contributed by atoms with Crippen molar-refractivity contribution in [2.24, 2.45) is 0 Å². The number of rotatable bonds is 7. The van der Waals surface area contributed by atoms with Gasteiger partial charge in [-0.3, -0.25) is 9.48 Å². The van der Waals surface area contributed by atoms with Crippen LogP contribution < -0.4 is 5.32 Å². The third-order valence-electron chi connectivity index (χ3n) is 4.69. The van der Waals surface area contributed by atoms with Crippen molar-refractivity contribution in [2.75, 3.05) is 6.26 Å². The van der Waals surface area contributed by atoms with Crippen LogP contribution in [-0.4, -0.2) is 30.4 Å². The van der Waals surface area contributed by atoms with Crippen LogP contribution in [0, 0.1) is 0 Å². The van der Waals surface area contributed by atoms with Gasteiger partial charge >= 0.3 is 0 Å². The van der Waals surface area contributed by atoms with Gasteiger partial charge in [0, 0.05) is 36.1 Å². The fraction of sp³-hybridized carbons (Fsp3) is 0.182. The fourth-order valence-electron chi connectivity index (χ4n) is 3.29. The molecule has 0 atom stereocenters. The van der Waals surface area contributed by atoms with Gasteiger partial charge in [-0.15, -0.1) is 0 Å². The summed E-state index contributed by atoms with van der Waals surface area (Å²) in [5, 5.41) is 7.64. The number of hydrogen-bond donors (Lipinski definition) is 1. The topological polar surface area (TPSA) is 94.2 Å². The van der Waals surface area contributed by atoms with E-state index >= 15 is 0 Å². The maximum atomic E-state index is 12.8. The molecular formula is C22H21N3O4S. The molecule has 0 radical (unpaired) electrons. The summed E-state index contributed by atoms with van der Waals surface area (Å²) in [5.41, 5.74) is 2.90. The third-order valence-corrected chi connectivity index (χ3v) is 5.50. The number of amides is 1. The van der Waals surface area contributed by atoms with Crippen LogP contribution in [0.5, 0.6) is 0 Å². The molecule has 0 aliphatic heterocycles. The van der Waals surface area contributed by atoms with Crippen LogP contribution in [-0.2, 0) is 28.7 Å². The quantitative estimate of drug-likeness (QED) is 0.493. The Morgan fingerprint density at radius 2 is 1.80 bits per heavy atom. The first kappa shape index (κ1) is 19.9. The Bertz CT molecular complexity index is 1270. The molecule has 1 N–H and O–H groups in total. The van der Waals surface area contributed by atoms with Crippen LogP contribution in [0.2, 0.25) is 0 Å². The molecular weight excluding hydrogens is 402 g/mol. The summed E-state index contributed by atoms with van der Waals surface area (Å²) in [7, 11) is -3.34. The molecule has 7 nitrogen and oxygen atoms in total. The molecule has 8 heteroatoms. The highest BCUT2D eigenvalue weighted by atomic mass is 32.2. The minimum atomic E-state index is -3.34. The minimum absolute atomic E-state index is 0.0388. The van der Waals surface area contributed by atoms with Gasteiger partial charge in [0.25, 0.3) is 5.91 Å². The minimum Gasteiger partial charge on any atom is -0.451 e. The lowest BCUT2D eigenvalue weighted by atomic mass is 10.1. The number of nitrogens with zero attached hydrogens (tertiary/aromatic N) is 2. The average Bonchev–Trinajstić information content (AvgIpc) is 3.34. The standard InChI is InChI=1S/C22H21N3O4S/c1-30(27,28)15-19-18-5-2-3-6-20(18)29-21(19)22(26)23-13-16-7-9-17(10-8-16)14-25-12-4-11-24-25/h2-12H,13-15H2,1H3,(H,23,26). The molecule has 30 heavy (non-hydrogen) atoms. The number of para-hydroxylation sites is 1. The Morgan fingerprint density at radius 1 is 1.07 bits per heavy atom. The van der Waals surface area contributed by atoms with E-state index in [-0.39, 0.29) is 11.5 Å². The summed E-state index contributed by atoms with van der Waals surface area (Å²) in [6.07, 6.45) is 4.77. The van der Waals surface area contributed by atoms with E-state index in [9.17, 15) is 13.2 Å². The number of carbonyl (C=O) groups excluding carboxylic acids is 1. The zero-order valence-corrected chi connectivity index (χ0v) is 17.2. The molecule has 0 bridgehead atoms. The van der Waals surface area contributed by atoms with Crippen LogP contribution in [0.3, 0.4) is 0 Å². The second-order valence-corrected chi connectivity index (χ2v) is 9.32. The van der Waals surface area contributed by atoms with Crippen molar-refractivity contribution in [1.82, 2.24) is 15.1 Å². The molecule has 0 saturated heterocycles. The van der Waals surface area contributed by atoms with Crippen LogP contribution in [0.1, 0.15) is 27.2 Å². The molecule has 1 amide bonds. The molecule has 0 aliphatic carbocycles. The van der Waals surface area contributed by atoms with Crippen molar-refractivity contribution in [3.05, 3.63) is 89.4 Å². The largest absolute Gasteiger partial charge is 0.451 e. The normalized spacial score (nSPS) is 11.6. The fourth-order valence-corrected chi connectivity index (χ4v) is 4.10. The van der Waals surface area contributed by atoms with E-state index in [0.717, 1.165) is 17.4 Å². The Labute approximate surface area is 174 Å². The van der Waals surface area contributed by atoms with Crippen molar-refractivity contribution in [2.45, 2.75) is 18.8 Å². The van der Waals surface area contributed by atoms with E-state index in [1.807, 2.05) is 41.2 Å². The second-order valence-electron chi connectivity index (χ2n) is 7.18. The van der Waals surface area contributed by atoms with Crippen LogP contribution >= 0.6 is 0 Å². The van der Waals surface area contributed by atoms with Gasteiger partial charge < -0.3 is 9.73 Å². The number of carbonyl (C=O) groups is 1. The average molecular weight is 423 g/mol. The Kier molecular flexibility index (Phi) is 5.41. The smallest absolute Gasteiger partial charge is 0.287 e. The third kappa shape index (κ3) is 4.60. The number of fused-ring (bicyclic) bond motifs is 1. The van der Waals surface area contributed by atoms with Crippen LogP contribution in [0.15, 0.2) is 71.4 Å². The SMILES string of the molecule is CS(=O)(=O)Cc1c(C(=O)NCc2ccc(Cn3cccn3)cc2)oc2ccccc12. The van der Waals surface area contributed by atoms with Gasteiger partial charge in [0.1, 0.15) is 5.58 Å². The molecule has 2 aromatic heterocycles. The van der Waals surface area contributed by atoms with E-state index in [1.54, 1.807) is 30.5 Å². The maximum Gasteiger partial charge on any atom is 0.287 e. The van der Waals surface area contributed by atoms with E-state index in [4.69, 9.17) is 4.42 Å². The summed E-state index contributed by atoms with van der Waals surface area (Å²) < 4.78 is 31.2. The first-order valence-corrected chi connectivity index (χ1v) is 11.5. The van der Waals surface area contributed by atoms with Crippen molar-refractivity contribution < 1.29 is 17.6 Å². The van der Waals surface area contributed by atoms with E-state index in [0.29, 0.717) is 29.6 Å². The molecule has 2 heterocycles. The summed E-state index contributed by atoms with van der Waals surface area (Å²) in [5.74, 6) is -0.656. The van der Waals surface area contributed by atoms with Crippen LogP contribution in [0.4, 0.5) is 0 Å². The molecule has 2 aromatic carbocycles. The molecule has 0 fully saturated rings. The highest BCUT2D eigenvalue weighted by molar-refractivity contribution is 7.89. The lowest BCUT2D eigenvalue weighted by molar-refractivity contribution is 0.0924. The molecule has 154 valence electrons. The molecule has 4 aromatic rings. The number of furan rings is 1. The number of sulfone groups is 1. The summed E-state index contributed by atoms with van der Waals surface area (Å²) in [4.78, 5) is 12.8. The zero-order chi connectivity index (χ0) is 21.1. The van der Waals surface area contributed by atoms with Crippen molar-refractivity contribution in [3.63, 3.8) is 0 Å². The van der Waals surface area contributed by atoms with Crippen molar-refractivity contribution >= 4 is 26.7 Å². The zero-order valence-electron chi connectivity index (χ0n) is 16.4. The molecule has 4 rings (SSSR count). The summed E-state index contributed by atoms with van der Waals surface area (Å²) in [6.45, 7) is 0.976. The van der Waals surface area contributed by atoms with Gasteiger partial charge in [-0.25, -0.2) is 8.42 Å². The van der Waals surface area contributed by atoms with E-state index in [1.165, 1.54) is 0 Å². The highest BCUT2D eigenvalue weighted by Gasteiger charge is 2.23. The summed E-state index contributed by atoms with van der Waals surface area (Å²) in [6, 6.07) is 16.8. The van der Waals surface area contributed by atoms with Crippen molar-refractivity contribution in [3.8, 4) is 0 Å². The van der Waals surface area contributed by atoms with Gasteiger partial charge in [-0.1, -0.05) is 42.5 Å². The Balaban J connectivity index is 1.49. The van der Waals surface area contributed by atoms with Gasteiger partial charge in [0.2, 0.25) is 0 Å². The van der Waals surface area contributed by atoms with E-state index in [2.05, 4.69) is 10.4 Å². The molecule has 0 saturated carbocycles. The predicted molar refractivity (Wildman–Crippen MR) is 114 cm³/mol. The lowest BCUT2D eigenvalue weighted by Crippen LogP contribution is -2.23. The molecule has 0 spiro atoms. The monoisotopic (exact) mass is 423 g/mol. The van der Waals surface area contributed by atoms with Gasteiger partial charge in [0.05, 0.1) is 12.3 Å². The number of nitrogens with one attached hydrogen (secondary N) is 1. The Morgan fingerprint density at radius 3 is 2.50 bits per heavy atom. The molecule has 0 unspecified atom stereocenters. The number of aromatic nitrogens is 2. The van der Waals surface area contributed by atoms with Gasteiger partial charge in [-0.05, 0) is 23.3 Å². The second kappa shape index (κ2) is 8.16. The predicted octanol–water partition coefficient (Wildman–Crippen LogP) is 3.15. The van der Waals surface area contributed by atoms with E-state index < -0.39 is 15.7 Å². The summed E-state index contributed by atoms with van der Waals surface area (Å²) >= 11 is 0. The van der Waals surface area contributed by atoms with Gasteiger partial charge in [0.15, 0.2) is 15.6 Å². The van der Waals surface area contributed by atoms with Crippen molar-refractivity contribution in [1.29, 1.82) is 0 Å². The van der Waals surface area contributed by atoms with Gasteiger partial charge in [-0.2, -0.15) is 5.10 Å².